The topological polar surface area (TPSA) is 111 Å². The smallest absolute Gasteiger partial charge is 0.324 e. The first-order valence-electron chi connectivity index (χ1n) is 7.83. The number of benzene rings is 1. The number of carbonyl (C=O) groups excluding carboxylic acids is 3. The SMILES string of the molecule is O=C(c1ccc2n[nH]nc2c1)N1CCC(N2C(=O)CNC2=O)CC1. The molecule has 2 saturated heterocycles. The highest BCUT2D eigenvalue weighted by atomic mass is 16.2. The Labute approximate surface area is 137 Å². The molecule has 9 heteroatoms. The maximum Gasteiger partial charge on any atom is 0.324 e. The van der Waals surface area contributed by atoms with Gasteiger partial charge < -0.3 is 10.2 Å². The predicted molar refractivity (Wildman–Crippen MR) is 83.1 cm³/mol. The maximum atomic E-state index is 12.6. The molecule has 2 aromatic rings. The predicted octanol–water partition coefficient (Wildman–Crippen LogP) is 0.114. The van der Waals surface area contributed by atoms with Crippen LogP contribution in [-0.2, 0) is 4.79 Å². The number of hydrogen-bond donors (Lipinski definition) is 2. The van der Waals surface area contributed by atoms with Crippen LogP contribution in [-0.4, -0.2) is 68.7 Å². The van der Waals surface area contributed by atoms with Crippen molar-refractivity contribution in [3.05, 3.63) is 23.8 Å². The zero-order valence-electron chi connectivity index (χ0n) is 12.9. The number of aromatic amines is 1. The molecule has 0 spiro atoms. The molecular formula is C15H16N6O3. The van der Waals surface area contributed by atoms with Crippen molar-refractivity contribution in [3.63, 3.8) is 0 Å². The first-order chi connectivity index (χ1) is 11.6. The van der Waals surface area contributed by atoms with E-state index in [9.17, 15) is 14.4 Å². The minimum absolute atomic E-state index is 0.0652. The van der Waals surface area contributed by atoms with Crippen LogP contribution < -0.4 is 5.32 Å². The van der Waals surface area contributed by atoms with Crippen LogP contribution in [0.25, 0.3) is 11.0 Å². The zero-order chi connectivity index (χ0) is 16.7. The molecule has 0 bridgehead atoms. The third kappa shape index (κ3) is 2.38. The third-order valence-electron chi connectivity index (χ3n) is 4.56. The molecule has 124 valence electrons. The Bertz CT molecular complexity index is 807. The van der Waals surface area contributed by atoms with Gasteiger partial charge in [-0.05, 0) is 31.0 Å². The number of aromatic nitrogens is 3. The van der Waals surface area contributed by atoms with Gasteiger partial charge in [-0.3, -0.25) is 14.5 Å². The standard InChI is InChI=1S/C15H16N6O3/c22-13-8-16-15(24)21(13)10-3-5-20(6-4-10)14(23)9-1-2-11-12(7-9)18-19-17-11/h1-2,7,10H,3-6,8H2,(H,16,24)(H,17,18,19). The second-order valence-electron chi connectivity index (χ2n) is 5.97. The number of urea groups is 1. The maximum absolute atomic E-state index is 12.6. The van der Waals surface area contributed by atoms with Crippen LogP contribution in [0.4, 0.5) is 4.79 Å². The molecule has 0 radical (unpaired) electrons. The van der Waals surface area contributed by atoms with Crippen molar-refractivity contribution in [3.8, 4) is 0 Å². The lowest BCUT2D eigenvalue weighted by Crippen LogP contribution is -2.49. The van der Waals surface area contributed by atoms with E-state index in [4.69, 9.17) is 0 Å². The molecule has 0 aliphatic carbocycles. The molecule has 4 rings (SSSR count). The number of rotatable bonds is 2. The number of nitrogens with zero attached hydrogens (tertiary/aromatic N) is 4. The first-order valence-corrected chi connectivity index (χ1v) is 7.83. The van der Waals surface area contributed by atoms with E-state index >= 15 is 0 Å². The lowest BCUT2D eigenvalue weighted by atomic mass is 10.0. The minimum Gasteiger partial charge on any atom is -0.338 e. The molecule has 1 aromatic carbocycles. The third-order valence-corrected chi connectivity index (χ3v) is 4.56. The number of hydrogen-bond acceptors (Lipinski definition) is 5. The first kappa shape index (κ1) is 14.6. The van der Waals surface area contributed by atoms with E-state index in [2.05, 4.69) is 20.7 Å². The van der Waals surface area contributed by atoms with Crippen LogP contribution in [0.2, 0.25) is 0 Å². The Morgan fingerprint density at radius 2 is 1.88 bits per heavy atom. The van der Waals surface area contributed by atoms with Gasteiger partial charge in [0.15, 0.2) is 0 Å². The van der Waals surface area contributed by atoms with Crippen LogP contribution in [0.5, 0.6) is 0 Å². The number of amides is 4. The summed E-state index contributed by atoms with van der Waals surface area (Å²) < 4.78 is 0. The molecule has 9 nitrogen and oxygen atoms in total. The zero-order valence-corrected chi connectivity index (χ0v) is 12.9. The van der Waals surface area contributed by atoms with Crippen molar-refractivity contribution < 1.29 is 14.4 Å². The fourth-order valence-corrected chi connectivity index (χ4v) is 3.29. The fraction of sp³-hybridized carbons (Fsp3) is 0.400. The average Bonchev–Trinajstić information content (AvgIpc) is 3.20. The van der Waals surface area contributed by atoms with Crippen molar-refractivity contribution in [2.45, 2.75) is 18.9 Å². The van der Waals surface area contributed by atoms with Gasteiger partial charge in [-0.15, -0.1) is 0 Å². The summed E-state index contributed by atoms with van der Waals surface area (Å²) in [6, 6.07) is 4.73. The fourth-order valence-electron chi connectivity index (χ4n) is 3.29. The number of nitrogens with one attached hydrogen (secondary N) is 2. The molecule has 4 amide bonds. The Hall–Kier alpha value is -2.97. The summed E-state index contributed by atoms with van der Waals surface area (Å²) in [5.41, 5.74) is 1.92. The summed E-state index contributed by atoms with van der Waals surface area (Å²) in [5, 5.41) is 13.0. The molecule has 24 heavy (non-hydrogen) atoms. The molecule has 2 N–H and O–H groups in total. The van der Waals surface area contributed by atoms with Gasteiger partial charge in [0, 0.05) is 24.7 Å². The van der Waals surface area contributed by atoms with Crippen LogP contribution >= 0.6 is 0 Å². The molecule has 0 atom stereocenters. The summed E-state index contributed by atoms with van der Waals surface area (Å²) in [6.45, 7) is 1.09. The molecule has 2 aliphatic heterocycles. The number of piperidine rings is 1. The second-order valence-corrected chi connectivity index (χ2v) is 5.97. The monoisotopic (exact) mass is 328 g/mol. The van der Waals surface area contributed by atoms with Crippen molar-refractivity contribution in [1.82, 2.24) is 30.5 Å². The summed E-state index contributed by atoms with van der Waals surface area (Å²) in [4.78, 5) is 39.2. The van der Waals surface area contributed by atoms with Gasteiger partial charge in [-0.1, -0.05) is 0 Å². The van der Waals surface area contributed by atoms with E-state index in [0.717, 1.165) is 0 Å². The number of likely N-dealkylation sites (tertiary alicyclic amines) is 1. The highest BCUT2D eigenvalue weighted by molar-refractivity contribution is 6.02. The summed E-state index contributed by atoms with van der Waals surface area (Å²) in [5.74, 6) is -0.267. The quantitative estimate of drug-likeness (QED) is 0.760. The molecule has 1 aromatic heterocycles. The van der Waals surface area contributed by atoms with Gasteiger partial charge in [-0.25, -0.2) is 4.79 Å². The highest BCUT2D eigenvalue weighted by Crippen LogP contribution is 2.21. The number of imide groups is 1. The largest absolute Gasteiger partial charge is 0.338 e. The number of H-pyrrole nitrogens is 1. The summed E-state index contributed by atoms with van der Waals surface area (Å²) >= 11 is 0. The molecule has 3 heterocycles. The Morgan fingerprint density at radius 1 is 1.12 bits per heavy atom. The Morgan fingerprint density at radius 3 is 2.58 bits per heavy atom. The lowest BCUT2D eigenvalue weighted by Gasteiger charge is -2.35. The van der Waals surface area contributed by atoms with Gasteiger partial charge in [0.05, 0.1) is 6.54 Å². The molecular weight excluding hydrogens is 312 g/mol. The van der Waals surface area contributed by atoms with Crippen molar-refractivity contribution in [1.29, 1.82) is 0 Å². The van der Waals surface area contributed by atoms with Crippen LogP contribution in [0.1, 0.15) is 23.2 Å². The lowest BCUT2D eigenvalue weighted by molar-refractivity contribution is -0.127. The van der Waals surface area contributed by atoms with Gasteiger partial charge in [0.1, 0.15) is 11.0 Å². The second kappa shape index (κ2) is 5.59. The Kier molecular flexibility index (Phi) is 3.40. The van der Waals surface area contributed by atoms with E-state index in [0.29, 0.717) is 42.5 Å². The van der Waals surface area contributed by atoms with Gasteiger partial charge in [0.25, 0.3) is 5.91 Å². The number of fused-ring (bicyclic) bond motifs is 1. The van der Waals surface area contributed by atoms with Gasteiger partial charge in [-0.2, -0.15) is 15.4 Å². The van der Waals surface area contributed by atoms with E-state index in [1.165, 1.54) is 4.90 Å². The molecule has 0 saturated carbocycles. The van der Waals surface area contributed by atoms with Crippen LogP contribution in [0.15, 0.2) is 18.2 Å². The highest BCUT2D eigenvalue weighted by Gasteiger charge is 2.37. The van der Waals surface area contributed by atoms with Crippen molar-refractivity contribution in [2.24, 2.45) is 0 Å². The summed E-state index contributed by atoms with van der Waals surface area (Å²) in [6.07, 6.45) is 1.19. The van der Waals surface area contributed by atoms with Crippen molar-refractivity contribution >= 4 is 28.9 Å². The van der Waals surface area contributed by atoms with E-state index in [-0.39, 0.29) is 30.4 Å². The molecule has 2 fully saturated rings. The average molecular weight is 328 g/mol. The van der Waals surface area contributed by atoms with Crippen molar-refractivity contribution in [2.75, 3.05) is 19.6 Å². The minimum atomic E-state index is -0.332. The molecule has 0 unspecified atom stereocenters. The van der Waals surface area contributed by atoms with Gasteiger partial charge in [0.2, 0.25) is 5.91 Å². The Balaban J connectivity index is 1.44. The van der Waals surface area contributed by atoms with Crippen LogP contribution in [0, 0.1) is 0 Å². The van der Waals surface area contributed by atoms with Crippen LogP contribution in [0.3, 0.4) is 0 Å². The van der Waals surface area contributed by atoms with E-state index in [1.54, 1.807) is 23.1 Å². The number of carbonyl (C=O) groups is 3. The summed E-state index contributed by atoms with van der Waals surface area (Å²) in [7, 11) is 0. The van der Waals surface area contributed by atoms with E-state index < -0.39 is 0 Å². The van der Waals surface area contributed by atoms with Gasteiger partial charge >= 0.3 is 6.03 Å². The normalized spacial score (nSPS) is 19.2. The molecule has 2 aliphatic rings. The van der Waals surface area contributed by atoms with E-state index in [1.807, 2.05) is 0 Å².